The van der Waals surface area contributed by atoms with Crippen LogP contribution in [0.2, 0.25) is 0 Å². The summed E-state index contributed by atoms with van der Waals surface area (Å²) in [6.07, 6.45) is -0.499. The standard InChI is InChI=1S/C12H16BrNO4S/c1-12(2,3)18-11(17)14-8(10(15)16)6-7-4-5-9(13)19-7/h4-5,8H,6H2,1-3H3,(H,14,17)(H,15,16). The molecule has 1 unspecified atom stereocenters. The Kier molecular flexibility index (Phi) is 5.37. The first-order chi connectivity index (χ1) is 8.67. The summed E-state index contributed by atoms with van der Waals surface area (Å²) in [6, 6.07) is 2.66. The van der Waals surface area contributed by atoms with Gasteiger partial charge in [0.25, 0.3) is 0 Å². The van der Waals surface area contributed by atoms with Gasteiger partial charge in [0.05, 0.1) is 3.79 Å². The second-order valence-corrected chi connectivity index (χ2v) is 7.49. The summed E-state index contributed by atoms with van der Waals surface area (Å²) in [4.78, 5) is 23.6. The molecule has 0 saturated carbocycles. The molecule has 1 amide bonds. The number of thiophene rings is 1. The van der Waals surface area contributed by atoms with E-state index < -0.39 is 23.7 Å². The topological polar surface area (TPSA) is 75.6 Å². The normalized spacial score (nSPS) is 12.8. The Labute approximate surface area is 124 Å². The Morgan fingerprint density at radius 3 is 2.53 bits per heavy atom. The maximum atomic E-state index is 11.6. The van der Waals surface area contributed by atoms with Gasteiger partial charge in [0.1, 0.15) is 11.6 Å². The Morgan fingerprint density at radius 2 is 2.11 bits per heavy atom. The van der Waals surface area contributed by atoms with Crippen LogP contribution in [0.25, 0.3) is 0 Å². The van der Waals surface area contributed by atoms with Crippen LogP contribution in [0.1, 0.15) is 25.6 Å². The number of aliphatic carboxylic acids is 1. The molecule has 0 spiro atoms. The van der Waals surface area contributed by atoms with E-state index in [1.807, 2.05) is 12.1 Å². The molecule has 7 heteroatoms. The molecule has 1 rings (SSSR count). The van der Waals surface area contributed by atoms with Crippen molar-refractivity contribution >= 4 is 39.3 Å². The van der Waals surface area contributed by atoms with Crippen LogP contribution in [-0.4, -0.2) is 28.8 Å². The molecule has 5 nitrogen and oxygen atoms in total. The highest BCUT2D eigenvalue weighted by atomic mass is 79.9. The molecule has 2 N–H and O–H groups in total. The number of nitrogens with one attached hydrogen (secondary N) is 1. The smallest absolute Gasteiger partial charge is 0.408 e. The Balaban J connectivity index is 2.63. The number of amides is 1. The average molecular weight is 350 g/mol. The van der Waals surface area contributed by atoms with Crippen molar-refractivity contribution in [3.63, 3.8) is 0 Å². The molecule has 0 bridgehead atoms. The SMILES string of the molecule is CC(C)(C)OC(=O)NC(Cc1ccc(Br)s1)C(=O)O. The molecule has 0 fully saturated rings. The van der Waals surface area contributed by atoms with Gasteiger partial charge in [-0.2, -0.15) is 0 Å². The van der Waals surface area contributed by atoms with Gasteiger partial charge < -0.3 is 15.2 Å². The van der Waals surface area contributed by atoms with Crippen LogP contribution in [-0.2, 0) is 16.0 Å². The first-order valence-corrected chi connectivity index (χ1v) is 7.25. The van der Waals surface area contributed by atoms with Crippen molar-refractivity contribution in [2.45, 2.75) is 38.8 Å². The summed E-state index contributed by atoms with van der Waals surface area (Å²) < 4.78 is 5.96. The predicted molar refractivity (Wildman–Crippen MR) is 76.5 cm³/mol. The predicted octanol–water partition coefficient (Wildman–Crippen LogP) is 3.03. The third-order valence-corrected chi connectivity index (χ3v) is 3.67. The van der Waals surface area contributed by atoms with Gasteiger partial charge >= 0.3 is 12.1 Å². The lowest BCUT2D eigenvalue weighted by molar-refractivity contribution is -0.139. The molecule has 1 heterocycles. The number of carboxylic acid groups (broad SMARTS) is 1. The van der Waals surface area contributed by atoms with Crippen molar-refractivity contribution in [3.05, 3.63) is 20.8 Å². The molecule has 0 radical (unpaired) electrons. The molecule has 0 aromatic carbocycles. The number of carboxylic acids is 1. The lowest BCUT2D eigenvalue weighted by atomic mass is 10.2. The van der Waals surface area contributed by atoms with Crippen molar-refractivity contribution in [3.8, 4) is 0 Å². The Bertz CT molecular complexity index is 467. The number of ether oxygens (including phenoxy) is 1. The minimum Gasteiger partial charge on any atom is -0.480 e. The van der Waals surface area contributed by atoms with E-state index in [1.54, 1.807) is 20.8 Å². The molecule has 19 heavy (non-hydrogen) atoms. The fourth-order valence-corrected chi connectivity index (χ4v) is 2.84. The molecule has 0 aliphatic rings. The molecule has 0 saturated heterocycles. The van der Waals surface area contributed by atoms with Crippen LogP contribution < -0.4 is 5.32 Å². The summed E-state index contributed by atoms with van der Waals surface area (Å²) in [5, 5.41) is 11.5. The lowest BCUT2D eigenvalue weighted by Gasteiger charge is -2.21. The third-order valence-electron chi connectivity index (χ3n) is 2.02. The van der Waals surface area contributed by atoms with Gasteiger partial charge in [-0.1, -0.05) is 0 Å². The summed E-state index contributed by atoms with van der Waals surface area (Å²) in [5.74, 6) is -1.09. The molecular formula is C12H16BrNO4S. The van der Waals surface area contributed by atoms with Crippen LogP contribution in [0.5, 0.6) is 0 Å². The number of rotatable bonds is 4. The van der Waals surface area contributed by atoms with Gasteiger partial charge in [-0.15, -0.1) is 11.3 Å². The number of carbonyl (C=O) groups is 2. The highest BCUT2D eigenvalue weighted by Gasteiger charge is 2.24. The summed E-state index contributed by atoms with van der Waals surface area (Å²) >= 11 is 4.74. The zero-order chi connectivity index (χ0) is 14.6. The van der Waals surface area contributed by atoms with Gasteiger partial charge in [0, 0.05) is 11.3 Å². The van der Waals surface area contributed by atoms with E-state index in [9.17, 15) is 9.59 Å². The number of halogens is 1. The monoisotopic (exact) mass is 349 g/mol. The number of carbonyl (C=O) groups excluding carboxylic acids is 1. The van der Waals surface area contributed by atoms with Gasteiger partial charge in [0.15, 0.2) is 0 Å². The van der Waals surface area contributed by atoms with Crippen LogP contribution >= 0.6 is 27.3 Å². The minimum atomic E-state index is -1.09. The van der Waals surface area contributed by atoms with Crippen LogP contribution in [0.3, 0.4) is 0 Å². The van der Waals surface area contributed by atoms with Gasteiger partial charge in [-0.3, -0.25) is 0 Å². The average Bonchev–Trinajstić information content (AvgIpc) is 2.60. The van der Waals surface area contributed by atoms with Crippen molar-refractivity contribution in [1.82, 2.24) is 5.32 Å². The van der Waals surface area contributed by atoms with E-state index >= 15 is 0 Å². The van der Waals surface area contributed by atoms with E-state index in [4.69, 9.17) is 9.84 Å². The lowest BCUT2D eigenvalue weighted by Crippen LogP contribution is -2.44. The van der Waals surface area contributed by atoms with Gasteiger partial charge in [-0.05, 0) is 48.8 Å². The molecule has 1 aromatic heterocycles. The van der Waals surface area contributed by atoms with Crippen LogP contribution in [0.4, 0.5) is 4.79 Å². The van der Waals surface area contributed by atoms with Crippen molar-refractivity contribution in [2.24, 2.45) is 0 Å². The summed E-state index contributed by atoms with van der Waals surface area (Å²) in [7, 11) is 0. The number of alkyl carbamates (subject to hydrolysis) is 1. The van der Waals surface area contributed by atoms with E-state index in [0.717, 1.165) is 8.66 Å². The van der Waals surface area contributed by atoms with E-state index in [-0.39, 0.29) is 6.42 Å². The Hall–Kier alpha value is -1.08. The second kappa shape index (κ2) is 6.38. The summed E-state index contributed by atoms with van der Waals surface area (Å²) in [5.41, 5.74) is -0.654. The maximum Gasteiger partial charge on any atom is 0.408 e. The maximum absolute atomic E-state index is 11.6. The fraction of sp³-hybridized carbons (Fsp3) is 0.500. The Morgan fingerprint density at radius 1 is 1.47 bits per heavy atom. The van der Waals surface area contributed by atoms with E-state index in [1.165, 1.54) is 11.3 Å². The number of hydrogen-bond donors (Lipinski definition) is 2. The molecular weight excluding hydrogens is 334 g/mol. The first kappa shape index (κ1) is 16.0. The highest BCUT2D eigenvalue weighted by Crippen LogP contribution is 2.23. The molecule has 1 atom stereocenters. The molecule has 0 aliphatic carbocycles. The van der Waals surface area contributed by atoms with Crippen LogP contribution in [0, 0.1) is 0 Å². The largest absolute Gasteiger partial charge is 0.480 e. The fourth-order valence-electron chi connectivity index (χ4n) is 1.31. The second-order valence-electron chi connectivity index (χ2n) is 4.95. The molecule has 0 aliphatic heterocycles. The third kappa shape index (κ3) is 6.07. The van der Waals surface area contributed by atoms with Crippen molar-refractivity contribution in [2.75, 3.05) is 0 Å². The van der Waals surface area contributed by atoms with E-state index in [2.05, 4.69) is 21.2 Å². The zero-order valence-electron chi connectivity index (χ0n) is 10.9. The van der Waals surface area contributed by atoms with Gasteiger partial charge in [0.2, 0.25) is 0 Å². The summed E-state index contributed by atoms with van der Waals surface area (Å²) in [6.45, 7) is 5.16. The van der Waals surface area contributed by atoms with E-state index in [0.29, 0.717) is 0 Å². The highest BCUT2D eigenvalue weighted by molar-refractivity contribution is 9.11. The zero-order valence-corrected chi connectivity index (χ0v) is 13.3. The van der Waals surface area contributed by atoms with Crippen molar-refractivity contribution in [1.29, 1.82) is 0 Å². The van der Waals surface area contributed by atoms with Gasteiger partial charge in [-0.25, -0.2) is 9.59 Å². The van der Waals surface area contributed by atoms with Crippen LogP contribution in [0.15, 0.2) is 15.9 Å². The minimum absolute atomic E-state index is 0.227. The first-order valence-electron chi connectivity index (χ1n) is 5.64. The molecule has 1 aromatic rings. The number of hydrogen-bond acceptors (Lipinski definition) is 4. The molecule has 106 valence electrons. The quantitative estimate of drug-likeness (QED) is 0.875. The van der Waals surface area contributed by atoms with Crippen molar-refractivity contribution < 1.29 is 19.4 Å².